The van der Waals surface area contributed by atoms with E-state index in [1.807, 2.05) is 75.4 Å². The fourth-order valence-electron chi connectivity index (χ4n) is 4.31. The van der Waals surface area contributed by atoms with Gasteiger partial charge in [0.1, 0.15) is 0 Å². The number of carbonyl (C=O) groups is 2. The molecule has 1 unspecified atom stereocenters. The van der Waals surface area contributed by atoms with Gasteiger partial charge in [-0.05, 0) is 88.2 Å². The number of thiocarbonyl (C=S) groups is 1. The van der Waals surface area contributed by atoms with E-state index in [0.29, 0.717) is 24.1 Å². The van der Waals surface area contributed by atoms with E-state index in [1.165, 1.54) is 5.56 Å². The van der Waals surface area contributed by atoms with Crippen molar-refractivity contribution in [2.45, 2.75) is 85.2 Å². The molecular weight excluding hydrogens is 841 g/mol. The van der Waals surface area contributed by atoms with Gasteiger partial charge in [-0.3, -0.25) is 9.35 Å². The third-order valence-electron chi connectivity index (χ3n) is 6.89. The molecule has 0 saturated heterocycles. The van der Waals surface area contributed by atoms with Crippen molar-refractivity contribution >= 4 is 59.6 Å². The van der Waals surface area contributed by atoms with Crippen LogP contribution in [0.1, 0.15) is 83.4 Å². The Morgan fingerprint density at radius 3 is 1.63 bits per heavy atom. The molecule has 2 aromatic carbocycles. The first-order chi connectivity index (χ1) is 25.3. The summed E-state index contributed by atoms with van der Waals surface area (Å²) in [4.78, 5) is 23.1. The van der Waals surface area contributed by atoms with Crippen LogP contribution in [0.2, 0.25) is 0 Å². The molecule has 2 rings (SSSR count). The zero-order valence-corrected chi connectivity index (χ0v) is 41.6. The smallest absolute Gasteiger partial charge is 0.748 e. The second-order valence-corrected chi connectivity index (χ2v) is 19.0. The first-order valence-corrected chi connectivity index (χ1v) is 22.7. The van der Waals surface area contributed by atoms with Gasteiger partial charge in [0.25, 0.3) is 10.1 Å². The third kappa shape index (κ3) is 38.5. The van der Waals surface area contributed by atoms with Crippen molar-refractivity contribution in [2.75, 3.05) is 36.9 Å². The van der Waals surface area contributed by atoms with Crippen molar-refractivity contribution in [1.82, 2.24) is 26.6 Å². The van der Waals surface area contributed by atoms with Crippen LogP contribution in [-0.4, -0.2) is 98.4 Å². The first kappa shape index (κ1) is 59.9. The second kappa shape index (κ2) is 30.6. The molecule has 0 heterocycles. The largest absolute Gasteiger partial charge is 1.00 e. The number of rotatable bonds is 18. The quantitative estimate of drug-likeness (QED) is 0.0377. The molecule has 3 amide bonds. The van der Waals surface area contributed by atoms with Crippen molar-refractivity contribution in [3.63, 3.8) is 0 Å². The molecule has 1 atom stereocenters. The molecule has 16 nitrogen and oxygen atoms in total. The normalized spacial score (nSPS) is 11.8. The van der Waals surface area contributed by atoms with Gasteiger partial charge in [0, 0.05) is 43.2 Å². The Morgan fingerprint density at radius 1 is 0.702 bits per heavy atom. The third-order valence-corrected chi connectivity index (χ3v) is 9.56. The van der Waals surface area contributed by atoms with Gasteiger partial charge in [0.05, 0.1) is 31.9 Å². The van der Waals surface area contributed by atoms with Crippen LogP contribution in [0.25, 0.3) is 0 Å². The summed E-state index contributed by atoms with van der Waals surface area (Å²) in [5.41, 5.74) is 2.94. The van der Waals surface area contributed by atoms with Crippen LogP contribution in [0.3, 0.4) is 0 Å². The summed E-state index contributed by atoms with van der Waals surface area (Å²) in [6.45, 7) is 13.0. The van der Waals surface area contributed by atoms with Gasteiger partial charge in [0.15, 0.2) is 5.11 Å². The summed E-state index contributed by atoms with van der Waals surface area (Å²) < 4.78 is 91.6. The van der Waals surface area contributed by atoms with Gasteiger partial charge in [0.2, 0.25) is 5.91 Å². The first-order valence-electron chi connectivity index (χ1n) is 17.6. The minimum Gasteiger partial charge on any atom is -0.748 e. The zero-order valence-electron chi connectivity index (χ0n) is 34.3. The maximum absolute atomic E-state index is 12.0. The fourth-order valence-corrected chi connectivity index (χ4v) is 5.99. The van der Waals surface area contributed by atoms with Crippen LogP contribution in [0.4, 0.5) is 4.79 Å². The molecule has 57 heavy (non-hydrogen) atoms. The van der Waals surface area contributed by atoms with E-state index in [9.17, 15) is 43.9 Å². The summed E-state index contributed by atoms with van der Waals surface area (Å²) in [5.74, 6) is -1.06. The number of carbonyl (C=O) groups excluding carboxylic acids is 2. The van der Waals surface area contributed by atoms with Crippen molar-refractivity contribution in [1.29, 1.82) is 0 Å². The van der Waals surface area contributed by atoms with E-state index in [-0.39, 0.29) is 126 Å². The van der Waals surface area contributed by atoms with Gasteiger partial charge in [-0.25, -0.2) is 21.6 Å². The van der Waals surface area contributed by atoms with Gasteiger partial charge in [-0.15, -0.1) is 0 Å². The molecule has 0 fully saturated rings. The molecule has 2 aromatic rings. The average Bonchev–Trinajstić information content (AvgIpc) is 3.05. The fraction of sp³-hybridized carbons (Fsp3) is 0.571. The second-order valence-electron chi connectivity index (χ2n) is 13.9. The minimum atomic E-state index is -4.21. The van der Waals surface area contributed by atoms with Gasteiger partial charge < -0.3 is 35.7 Å². The van der Waals surface area contributed by atoms with E-state index in [1.54, 1.807) is 6.92 Å². The molecule has 0 aromatic heterocycles. The molecule has 0 aliphatic rings. The van der Waals surface area contributed by atoms with Crippen molar-refractivity contribution in [2.24, 2.45) is 5.92 Å². The maximum Gasteiger partial charge on any atom is 1.00 e. The molecule has 0 saturated carbocycles. The van der Waals surface area contributed by atoms with E-state index in [2.05, 4.69) is 40.4 Å². The van der Waals surface area contributed by atoms with Gasteiger partial charge in [-0.2, -0.15) is 8.42 Å². The number of amides is 3. The summed E-state index contributed by atoms with van der Waals surface area (Å²) in [6.07, 6.45) is 1.58. The Bertz CT molecular complexity index is 1780. The van der Waals surface area contributed by atoms with Crippen LogP contribution in [0, 0.1) is 5.92 Å². The molecule has 0 aliphatic carbocycles. The molecule has 0 radical (unpaired) electrons. The number of hydrogen-bond acceptors (Lipinski definition) is 11. The standard InChI is InChI=1S/C16H25NO4S.C11H16N2O3S2.C8H18N2O4S.2Na/c1-12(2)11-14-5-7-15(8-6-14)13(3)16(18)17-9-4-10-22(19,20)21;14-18(15,16)8-4-7-12-11(17)13-9-10-5-2-1-3-6-10;1-8(2,3)10-7(11)9-5-4-6-15(12,13)14;;/h5-8,12-13H,4,9-11H2,1-3H3,(H,17,18)(H,19,20,21);1-3,5-6H,4,7-9H2,(H2,12,13,17)(H,14,15,16);4-6H2,1-3H3,(H2,9,10,11)(H,12,13,14);;/q;;;2*+1/p-2. The molecule has 0 spiro atoms. The molecule has 6 N–H and O–H groups in total. The molecule has 0 aliphatic heterocycles. The van der Waals surface area contributed by atoms with Crippen LogP contribution >= 0.6 is 12.2 Å². The zero-order chi connectivity index (χ0) is 42.3. The Balaban J connectivity index is -0.000000769. The topological polar surface area (TPSA) is 263 Å². The molecule has 22 heteroatoms. The van der Waals surface area contributed by atoms with Crippen LogP contribution < -0.4 is 85.7 Å². The van der Waals surface area contributed by atoms with Gasteiger partial charge >= 0.3 is 65.1 Å². The van der Waals surface area contributed by atoms with E-state index < -0.39 is 36.1 Å². The summed E-state index contributed by atoms with van der Waals surface area (Å²) in [6, 6.07) is 17.4. The number of hydrogen-bond donors (Lipinski definition) is 6. The summed E-state index contributed by atoms with van der Waals surface area (Å²) >= 11 is 5.01. The maximum atomic E-state index is 12.0. The average molecular weight is 898 g/mol. The Kier molecular flexibility index (Phi) is 32.2. The van der Waals surface area contributed by atoms with E-state index in [0.717, 1.165) is 17.5 Å². The van der Waals surface area contributed by atoms with Crippen LogP contribution in [0.15, 0.2) is 54.6 Å². The number of nitrogens with one attached hydrogen (secondary N) is 5. The van der Waals surface area contributed by atoms with Crippen molar-refractivity contribution in [3.8, 4) is 0 Å². The summed E-state index contributed by atoms with van der Waals surface area (Å²) in [7, 11) is -12.3. The van der Waals surface area contributed by atoms with Crippen LogP contribution in [0.5, 0.6) is 0 Å². The van der Waals surface area contributed by atoms with Crippen LogP contribution in [-0.2, 0) is 48.1 Å². The SMILES string of the molecule is CC(C)(C)NC(=O)NCCCS(=O)(=O)O.CC(C)Cc1ccc(C(C)C(=O)NCCCS(=O)(=O)[O-])cc1.O=S(=O)([O-])CCCNC(=S)NCc1ccccc1.[Na+].[Na+]. The van der Waals surface area contributed by atoms with E-state index in [4.69, 9.17) is 16.8 Å². The summed E-state index contributed by atoms with van der Waals surface area (Å²) in [5, 5.41) is 14.1. The predicted octanol–water partition coefficient (Wildman–Crippen LogP) is -3.00. The Morgan fingerprint density at radius 2 is 1.18 bits per heavy atom. The monoisotopic (exact) mass is 897 g/mol. The predicted molar refractivity (Wildman–Crippen MR) is 216 cm³/mol. The minimum absolute atomic E-state index is 0. The Hall–Kier alpha value is -1.40. The Labute approximate surface area is 389 Å². The molecule has 314 valence electrons. The van der Waals surface area contributed by atoms with Crippen molar-refractivity contribution in [3.05, 3.63) is 71.3 Å². The molecular formula is C35H57N5Na2O11S4. The number of urea groups is 1. The molecule has 0 bridgehead atoms. The van der Waals surface area contributed by atoms with E-state index >= 15 is 0 Å². The number of benzene rings is 2. The van der Waals surface area contributed by atoms with Crippen molar-refractivity contribution < 1.29 is 108 Å². The van der Waals surface area contributed by atoms with Gasteiger partial charge in [-0.1, -0.05) is 68.4 Å².